The smallest absolute Gasteiger partial charge is 0.337 e. The van der Waals surface area contributed by atoms with Gasteiger partial charge in [0.1, 0.15) is 5.70 Å². The maximum Gasteiger partial charge on any atom is 0.337 e. The van der Waals surface area contributed by atoms with Crippen LogP contribution >= 0.6 is 0 Å². The maximum atomic E-state index is 12.6. The first kappa shape index (κ1) is 19.4. The molecule has 0 bridgehead atoms. The Morgan fingerprint density at radius 2 is 2.04 bits per heavy atom. The number of benzene rings is 1. The predicted molar refractivity (Wildman–Crippen MR) is 103 cm³/mol. The minimum absolute atomic E-state index is 0.0888. The zero-order valence-electron chi connectivity index (χ0n) is 15.6. The van der Waals surface area contributed by atoms with Crippen LogP contribution in [0.25, 0.3) is 11.3 Å². The van der Waals surface area contributed by atoms with E-state index in [0.29, 0.717) is 17.3 Å². The molecule has 0 atom stereocenters. The number of carbonyl (C=O) groups excluding carboxylic acids is 2. The molecule has 2 N–H and O–H groups in total. The van der Waals surface area contributed by atoms with Crippen molar-refractivity contribution < 1.29 is 24.2 Å². The topological polar surface area (TPSA) is 101 Å². The van der Waals surface area contributed by atoms with Gasteiger partial charge in [-0.25, -0.2) is 9.78 Å². The first-order chi connectivity index (χ1) is 13.6. The summed E-state index contributed by atoms with van der Waals surface area (Å²) in [4.78, 5) is 30.5. The summed E-state index contributed by atoms with van der Waals surface area (Å²) in [6, 6.07) is 12.8. The number of esters is 1. The molecule has 0 saturated heterocycles. The highest BCUT2D eigenvalue weighted by molar-refractivity contribution is 6.08. The Kier molecular flexibility index (Phi) is 5.90. The lowest BCUT2D eigenvalue weighted by Crippen LogP contribution is -2.31. The van der Waals surface area contributed by atoms with Crippen LogP contribution in [0.1, 0.15) is 0 Å². The fourth-order valence-electron chi connectivity index (χ4n) is 2.94. The van der Waals surface area contributed by atoms with Gasteiger partial charge in [0.15, 0.2) is 0 Å². The predicted octanol–water partition coefficient (Wildman–Crippen LogP) is 1.43. The van der Waals surface area contributed by atoms with Crippen LogP contribution in [0.2, 0.25) is 0 Å². The van der Waals surface area contributed by atoms with Gasteiger partial charge in [0.25, 0.3) is 5.91 Å². The first-order valence-corrected chi connectivity index (χ1v) is 8.67. The summed E-state index contributed by atoms with van der Waals surface area (Å²) < 4.78 is 9.95. The second kappa shape index (κ2) is 8.53. The van der Waals surface area contributed by atoms with Crippen LogP contribution in [0.4, 0.5) is 5.69 Å². The number of nitrogens with zero attached hydrogens (tertiary/aromatic N) is 2. The van der Waals surface area contributed by atoms with Crippen LogP contribution in [0.5, 0.6) is 5.88 Å². The van der Waals surface area contributed by atoms with Gasteiger partial charge in [-0.05, 0) is 18.2 Å². The van der Waals surface area contributed by atoms with E-state index in [1.165, 1.54) is 12.0 Å². The van der Waals surface area contributed by atoms with Crippen molar-refractivity contribution in [3.05, 3.63) is 53.7 Å². The van der Waals surface area contributed by atoms with E-state index in [4.69, 9.17) is 14.6 Å². The normalized spacial score (nSPS) is 13.7. The molecule has 8 heteroatoms. The second-order valence-corrected chi connectivity index (χ2v) is 6.07. The number of carbonyl (C=O) groups is 2. The summed E-state index contributed by atoms with van der Waals surface area (Å²) in [5, 5.41) is 12.2. The molecule has 3 rings (SSSR count). The summed E-state index contributed by atoms with van der Waals surface area (Å²) in [5.41, 5.74) is 2.53. The van der Waals surface area contributed by atoms with Gasteiger partial charge in [-0.1, -0.05) is 18.2 Å². The van der Waals surface area contributed by atoms with Crippen molar-refractivity contribution in [3.63, 3.8) is 0 Å². The molecule has 8 nitrogen and oxygen atoms in total. The van der Waals surface area contributed by atoms with E-state index in [-0.39, 0.29) is 36.9 Å². The Hall–Kier alpha value is -3.39. The lowest BCUT2D eigenvalue weighted by Gasteiger charge is -2.15. The number of aliphatic hydroxyl groups excluding tert-OH is 1. The van der Waals surface area contributed by atoms with Crippen molar-refractivity contribution in [1.82, 2.24) is 9.88 Å². The van der Waals surface area contributed by atoms with Crippen molar-refractivity contribution >= 4 is 17.6 Å². The number of pyridine rings is 1. The van der Waals surface area contributed by atoms with Crippen molar-refractivity contribution in [2.75, 3.05) is 39.2 Å². The number of nitrogens with one attached hydrogen (secondary N) is 1. The molecule has 2 heterocycles. The van der Waals surface area contributed by atoms with Crippen LogP contribution in [0, 0.1) is 0 Å². The number of aliphatic hydroxyl groups is 1. The quantitative estimate of drug-likeness (QED) is 0.698. The molecule has 0 aliphatic carbocycles. The first-order valence-electron chi connectivity index (χ1n) is 8.67. The Morgan fingerprint density at radius 1 is 1.25 bits per heavy atom. The monoisotopic (exact) mass is 383 g/mol. The summed E-state index contributed by atoms with van der Waals surface area (Å²) in [7, 11) is 2.82. The van der Waals surface area contributed by atoms with Crippen molar-refractivity contribution in [2.45, 2.75) is 0 Å². The van der Waals surface area contributed by atoms with E-state index in [2.05, 4.69) is 10.3 Å². The third kappa shape index (κ3) is 3.96. The Bertz CT molecular complexity index is 926. The van der Waals surface area contributed by atoms with Crippen LogP contribution < -0.4 is 10.1 Å². The van der Waals surface area contributed by atoms with Gasteiger partial charge in [0.05, 0.1) is 38.6 Å². The van der Waals surface area contributed by atoms with Crippen LogP contribution in [0.15, 0.2) is 53.7 Å². The molecule has 1 aromatic carbocycles. The Balaban J connectivity index is 1.91. The number of rotatable bonds is 7. The minimum atomic E-state index is -0.582. The molecule has 1 aliphatic heterocycles. The fraction of sp³-hybridized carbons (Fsp3) is 0.250. The van der Waals surface area contributed by atoms with Gasteiger partial charge < -0.3 is 24.8 Å². The number of ether oxygens (including phenoxy) is 2. The molecular weight excluding hydrogens is 362 g/mol. The standard InChI is InChI=1S/C20H21N3O5/c1-27-17-8-4-7-16(22-17)13-5-3-6-14(11-13)21-18-15(20(26)28-2)12-23(9-10-24)19(18)25/h3-8,11,21,24H,9-10,12H2,1-2H3. The summed E-state index contributed by atoms with van der Waals surface area (Å²) >= 11 is 0. The van der Waals surface area contributed by atoms with Crippen LogP contribution in [0.3, 0.4) is 0 Å². The SMILES string of the molecule is COC(=O)C1=C(Nc2cccc(-c3cccc(OC)n3)c2)C(=O)N(CCO)C1. The minimum Gasteiger partial charge on any atom is -0.481 e. The van der Waals surface area contributed by atoms with E-state index < -0.39 is 5.97 Å². The molecule has 0 saturated carbocycles. The Morgan fingerprint density at radius 3 is 2.75 bits per heavy atom. The van der Waals surface area contributed by atoms with Gasteiger partial charge in [-0.15, -0.1) is 0 Å². The number of amides is 1. The highest BCUT2D eigenvalue weighted by Crippen LogP contribution is 2.26. The molecular formula is C20H21N3O5. The summed E-state index contributed by atoms with van der Waals surface area (Å²) in [6.07, 6.45) is 0. The highest BCUT2D eigenvalue weighted by Gasteiger charge is 2.34. The lowest BCUT2D eigenvalue weighted by atomic mass is 10.1. The van der Waals surface area contributed by atoms with E-state index in [9.17, 15) is 9.59 Å². The molecule has 0 spiro atoms. The van der Waals surface area contributed by atoms with Gasteiger partial charge in [-0.2, -0.15) is 0 Å². The number of hydrogen-bond acceptors (Lipinski definition) is 7. The third-order valence-corrected chi connectivity index (χ3v) is 4.31. The van der Waals surface area contributed by atoms with Crippen molar-refractivity contribution in [1.29, 1.82) is 0 Å². The van der Waals surface area contributed by atoms with Gasteiger partial charge in [0, 0.05) is 23.9 Å². The number of aromatic nitrogens is 1. The molecule has 1 aliphatic rings. The average molecular weight is 383 g/mol. The number of anilines is 1. The number of methoxy groups -OCH3 is 2. The molecule has 0 fully saturated rings. The van der Waals surface area contributed by atoms with Crippen LogP contribution in [-0.4, -0.2) is 60.8 Å². The number of β-amino-alcohol motifs (C(OH)–C–C–N with tert-alkyl or cyclic N) is 1. The number of hydrogen-bond donors (Lipinski definition) is 2. The van der Waals surface area contributed by atoms with Crippen molar-refractivity contribution in [2.24, 2.45) is 0 Å². The van der Waals surface area contributed by atoms with Crippen LogP contribution in [-0.2, 0) is 14.3 Å². The molecule has 1 amide bonds. The average Bonchev–Trinajstić information content (AvgIpc) is 3.03. The lowest BCUT2D eigenvalue weighted by molar-refractivity contribution is -0.136. The third-order valence-electron chi connectivity index (χ3n) is 4.31. The fourth-order valence-corrected chi connectivity index (χ4v) is 2.94. The van der Waals surface area contributed by atoms with Gasteiger partial charge >= 0.3 is 5.97 Å². The molecule has 146 valence electrons. The maximum absolute atomic E-state index is 12.6. The molecule has 1 aromatic heterocycles. The molecule has 0 unspecified atom stereocenters. The molecule has 28 heavy (non-hydrogen) atoms. The van der Waals surface area contributed by atoms with Gasteiger partial charge in [0.2, 0.25) is 5.88 Å². The summed E-state index contributed by atoms with van der Waals surface area (Å²) in [6.45, 7) is 0.0360. The molecule has 0 radical (unpaired) electrons. The van der Waals surface area contributed by atoms with E-state index in [1.54, 1.807) is 19.2 Å². The van der Waals surface area contributed by atoms with E-state index in [1.807, 2.05) is 30.3 Å². The highest BCUT2D eigenvalue weighted by atomic mass is 16.5. The molecule has 2 aromatic rings. The zero-order valence-corrected chi connectivity index (χ0v) is 15.6. The summed E-state index contributed by atoms with van der Waals surface area (Å²) in [5.74, 6) is -0.446. The second-order valence-electron chi connectivity index (χ2n) is 6.07. The van der Waals surface area contributed by atoms with E-state index in [0.717, 1.165) is 5.56 Å². The Labute approximate surface area is 162 Å². The van der Waals surface area contributed by atoms with Crippen molar-refractivity contribution in [3.8, 4) is 17.1 Å². The van der Waals surface area contributed by atoms with E-state index >= 15 is 0 Å². The largest absolute Gasteiger partial charge is 0.481 e. The zero-order chi connectivity index (χ0) is 20.1. The van der Waals surface area contributed by atoms with Gasteiger partial charge in [-0.3, -0.25) is 4.79 Å².